The SMILES string of the molecule is Cc1cccc(NC(=O)c2ccc(NC3=C(Cl)C(=O)N(c4cc(Cl)cc(Cl)c4)C3=O)cc2)c1. The van der Waals surface area contributed by atoms with Crippen LogP contribution in [-0.4, -0.2) is 17.7 Å². The lowest BCUT2D eigenvalue weighted by Crippen LogP contribution is -2.32. The number of rotatable bonds is 5. The van der Waals surface area contributed by atoms with E-state index < -0.39 is 11.8 Å². The predicted molar refractivity (Wildman–Crippen MR) is 131 cm³/mol. The van der Waals surface area contributed by atoms with Gasteiger partial charge < -0.3 is 10.6 Å². The second kappa shape index (κ2) is 9.27. The molecule has 0 saturated heterocycles. The molecule has 4 rings (SSSR count). The molecule has 1 heterocycles. The second-order valence-electron chi connectivity index (χ2n) is 7.29. The number of carbonyl (C=O) groups excluding carboxylic acids is 3. The molecule has 0 aliphatic carbocycles. The van der Waals surface area contributed by atoms with Crippen LogP contribution in [0.1, 0.15) is 15.9 Å². The molecule has 1 aliphatic rings. The molecule has 0 saturated carbocycles. The quantitative estimate of drug-likeness (QED) is 0.422. The van der Waals surface area contributed by atoms with Crippen molar-refractivity contribution >= 4 is 69.6 Å². The number of aryl methyl sites for hydroxylation is 1. The van der Waals surface area contributed by atoms with Gasteiger partial charge in [-0.25, -0.2) is 4.90 Å². The number of nitrogens with one attached hydrogen (secondary N) is 2. The number of imide groups is 1. The molecule has 0 aromatic heterocycles. The molecule has 3 amide bonds. The van der Waals surface area contributed by atoms with Crippen molar-refractivity contribution < 1.29 is 14.4 Å². The van der Waals surface area contributed by atoms with Crippen molar-refractivity contribution in [2.24, 2.45) is 0 Å². The van der Waals surface area contributed by atoms with Crippen LogP contribution in [-0.2, 0) is 9.59 Å². The summed E-state index contributed by atoms with van der Waals surface area (Å²) in [5, 5.41) is 5.97. The second-order valence-corrected chi connectivity index (χ2v) is 8.54. The summed E-state index contributed by atoms with van der Waals surface area (Å²) in [5.74, 6) is -1.62. The highest BCUT2D eigenvalue weighted by Crippen LogP contribution is 2.33. The molecule has 0 bridgehead atoms. The van der Waals surface area contributed by atoms with Gasteiger partial charge in [0.1, 0.15) is 10.7 Å². The summed E-state index contributed by atoms with van der Waals surface area (Å²) >= 11 is 18.2. The highest BCUT2D eigenvalue weighted by Gasteiger charge is 2.39. The van der Waals surface area contributed by atoms with E-state index in [1.165, 1.54) is 18.2 Å². The molecular weight excluding hydrogens is 485 g/mol. The maximum Gasteiger partial charge on any atom is 0.283 e. The Morgan fingerprint density at radius 3 is 2.12 bits per heavy atom. The standard InChI is InChI=1S/C24H16Cl3N3O3/c1-13-3-2-4-18(9-13)29-22(31)14-5-7-17(8-6-14)28-21-20(27)23(32)30(24(21)33)19-11-15(25)10-16(26)12-19/h2-12,28H,1H3,(H,29,31). The Hall–Kier alpha value is -3.32. The topological polar surface area (TPSA) is 78.5 Å². The molecule has 0 radical (unpaired) electrons. The monoisotopic (exact) mass is 499 g/mol. The Bertz CT molecular complexity index is 1300. The molecule has 9 heteroatoms. The van der Waals surface area contributed by atoms with Crippen LogP contribution in [0.2, 0.25) is 10.0 Å². The first-order chi connectivity index (χ1) is 15.7. The molecule has 0 unspecified atom stereocenters. The summed E-state index contributed by atoms with van der Waals surface area (Å²) in [4.78, 5) is 38.9. The van der Waals surface area contributed by atoms with Gasteiger partial charge in [-0.15, -0.1) is 0 Å². The zero-order valence-electron chi connectivity index (χ0n) is 17.2. The molecule has 2 N–H and O–H groups in total. The number of anilines is 3. The van der Waals surface area contributed by atoms with Crippen molar-refractivity contribution in [1.82, 2.24) is 0 Å². The Kier molecular flexibility index (Phi) is 6.42. The maximum atomic E-state index is 12.9. The molecule has 6 nitrogen and oxygen atoms in total. The van der Waals surface area contributed by atoms with Gasteiger partial charge in [0.15, 0.2) is 0 Å². The van der Waals surface area contributed by atoms with Crippen LogP contribution in [0.3, 0.4) is 0 Å². The molecule has 3 aromatic carbocycles. The van der Waals surface area contributed by atoms with E-state index in [1.54, 1.807) is 30.3 Å². The molecule has 3 aromatic rings. The third-order valence-corrected chi connectivity index (χ3v) is 5.61. The third-order valence-electron chi connectivity index (χ3n) is 4.83. The minimum atomic E-state index is -0.698. The highest BCUT2D eigenvalue weighted by molar-refractivity contribution is 6.53. The predicted octanol–water partition coefficient (Wildman–Crippen LogP) is 5.99. The van der Waals surface area contributed by atoms with Crippen molar-refractivity contribution in [3.05, 3.63) is 98.6 Å². The Morgan fingerprint density at radius 1 is 0.818 bits per heavy atom. The van der Waals surface area contributed by atoms with E-state index in [2.05, 4.69) is 10.6 Å². The molecule has 0 fully saturated rings. The van der Waals surface area contributed by atoms with Crippen LogP contribution in [0.25, 0.3) is 0 Å². The van der Waals surface area contributed by atoms with Crippen LogP contribution in [0, 0.1) is 6.92 Å². The first kappa shape index (κ1) is 22.9. The van der Waals surface area contributed by atoms with Gasteiger partial charge in [0.2, 0.25) is 0 Å². The molecule has 1 aliphatic heterocycles. The van der Waals surface area contributed by atoms with Crippen LogP contribution in [0.4, 0.5) is 17.1 Å². The van der Waals surface area contributed by atoms with Gasteiger partial charge in [-0.3, -0.25) is 14.4 Å². The summed E-state index contributed by atoms with van der Waals surface area (Å²) in [5.41, 5.74) is 2.74. The van der Waals surface area contributed by atoms with E-state index >= 15 is 0 Å². The van der Waals surface area contributed by atoms with E-state index in [4.69, 9.17) is 34.8 Å². The highest BCUT2D eigenvalue weighted by atomic mass is 35.5. The van der Waals surface area contributed by atoms with Gasteiger partial charge in [0.25, 0.3) is 17.7 Å². The zero-order valence-corrected chi connectivity index (χ0v) is 19.4. The van der Waals surface area contributed by atoms with Crippen molar-refractivity contribution in [2.45, 2.75) is 6.92 Å². The fraction of sp³-hybridized carbons (Fsp3) is 0.0417. The van der Waals surface area contributed by atoms with Gasteiger partial charge in [0, 0.05) is 27.0 Å². The van der Waals surface area contributed by atoms with E-state index in [1.807, 2.05) is 25.1 Å². The number of benzene rings is 3. The maximum absolute atomic E-state index is 12.9. The Balaban J connectivity index is 1.50. The van der Waals surface area contributed by atoms with Crippen molar-refractivity contribution in [2.75, 3.05) is 15.5 Å². The molecule has 166 valence electrons. The molecule has 0 spiro atoms. The van der Waals surface area contributed by atoms with Gasteiger partial charge in [-0.2, -0.15) is 0 Å². The van der Waals surface area contributed by atoms with Crippen LogP contribution >= 0.6 is 34.8 Å². The smallest absolute Gasteiger partial charge is 0.283 e. The van der Waals surface area contributed by atoms with E-state index in [-0.39, 0.29) is 32.4 Å². The minimum absolute atomic E-state index is 0.0882. The number of halogens is 3. The number of nitrogens with zero attached hydrogens (tertiary/aromatic N) is 1. The normalized spacial score (nSPS) is 13.5. The van der Waals surface area contributed by atoms with E-state index in [0.717, 1.165) is 10.5 Å². The van der Waals surface area contributed by atoms with Crippen LogP contribution < -0.4 is 15.5 Å². The van der Waals surface area contributed by atoms with Gasteiger partial charge >= 0.3 is 0 Å². The fourth-order valence-electron chi connectivity index (χ4n) is 3.29. The third kappa shape index (κ3) is 4.88. The van der Waals surface area contributed by atoms with E-state index in [9.17, 15) is 14.4 Å². The first-order valence-electron chi connectivity index (χ1n) is 9.72. The molecule has 33 heavy (non-hydrogen) atoms. The van der Waals surface area contributed by atoms with Gasteiger partial charge in [-0.05, 0) is 67.1 Å². The van der Waals surface area contributed by atoms with Crippen molar-refractivity contribution in [3.63, 3.8) is 0 Å². The number of amides is 3. The average molecular weight is 501 g/mol. The van der Waals surface area contributed by atoms with E-state index in [0.29, 0.717) is 16.9 Å². The summed E-state index contributed by atoms with van der Waals surface area (Å²) in [6.07, 6.45) is 0. The lowest BCUT2D eigenvalue weighted by Gasteiger charge is -2.16. The fourth-order valence-corrected chi connectivity index (χ4v) is 4.02. The molecule has 0 atom stereocenters. The lowest BCUT2D eigenvalue weighted by atomic mass is 10.1. The molecular formula is C24H16Cl3N3O3. The summed E-state index contributed by atoms with van der Waals surface area (Å²) in [6.45, 7) is 1.94. The average Bonchev–Trinajstić information content (AvgIpc) is 2.96. The number of hydrogen-bond donors (Lipinski definition) is 2. The lowest BCUT2D eigenvalue weighted by molar-refractivity contribution is -0.120. The first-order valence-corrected chi connectivity index (χ1v) is 10.9. The summed E-state index contributed by atoms with van der Waals surface area (Å²) < 4.78 is 0. The largest absolute Gasteiger partial charge is 0.350 e. The summed E-state index contributed by atoms with van der Waals surface area (Å²) in [6, 6.07) is 18.2. The van der Waals surface area contributed by atoms with Crippen LogP contribution in [0.15, 0.2) is 77.5 Å². The van der Waals surface area contributed by atoms with Crippen molar-refractivity contribution in [1.29, 1.82) is 0 Å². The zero-order chi connectivity index (χ0) is 23.7. The number of hydrogen-bond acceptors (Lipinski definition) is 4. The Labute approximate surface area is 204 Å². The van der Waals surface area contributed by atoms with Crippen molar-refractivity contribution in [3.8, 4) is 0 Å². The minimum Gasteiger partial charge on any atom is -0.350 e. The van der Waals surface area contributed by atoms with Gasteiger partial charge in [0.05, 0.1) is 5.69 Å². The summed E-state index contributed by atoms with van der Waals surface area (Å²) in [7, 11) is 0. The van der Waals surface area contributed by atoms with Crippen LogP contribution in [0.5, 0.6) is 0 Å². The van der Waals surface area contributed by atoms with Gasteiger partial charge in [-0.1, -0.05) is 46.9 Å². The number of carbonyl (C=O) groups is 3. The Morgan fingerprint density at radius 2 is 1.48 bits per heavy atom.